The van der Waals surface area contributed by atoms with Crippen LogP contribution in [-0.4, -0.2) is 32.8 Å². The molecule has 0 aliphatic carbocycles. The highest BCUT2D eigenvalue weighted by Gasteiger charge is 2.19. The lowest BCUT2D eigenvalue weighted by Crippen LogP contribution is -2.16. The number of aryl methyl sites for hydroxylation is 1. The molecule has 0 saturated heterocycles. The molecule has 0 aliphatic heterocycles. The molecule has 32 heavy (non-hydrogen) atoms. The summed E-state index contributed by atoms with van der Waals surface area (Å²) in [7, 11) is 1.57. The largest absolute Gasteiger partial charge is 0.481 e. The van der Waals surface area contributed by atoms with E-state index >= 15 is 0 Å². The van der Waals surface area contributed by atoms with Gasteiger partial charge in [0.1, 0.15) is 11.8 Å². The molecule has 3 aromatic heterocycles. The van der Waals surface area contributed by atoms with Crippen molar-refractivity contribution in [2.75, 3.05) is 12.4 Å². The number of nitrogens with zero attached hydrogens (tertiary/aromatic N) is 5. The summed E-state index contributed by atoms with van der Waals surface area (Å²) in [5.41, 5.74) is 4.40. The predicted molar refractivity (Wildman–Crippen MR) is 121 cm³/mol. The van der Waals surface area contributed by atoms with Gasteiger partial charge in [-0.05, 0) is 43.2 Å². The molecule has 0 spiro atoms. The Balaban J connectivity index is 1.72. The first kappa shape index (κ1) is 21.0. The smallest absolute Gasteiger partial charge is 0.256 e. The van der Waals surface area contributed by atoms with Crippen molar-refractivity contribution in [2.24, 2.45) is 0 Å². The highest BCUT2D eigenvalue weighted by atomic mass is 16.5. The monoisotopic (exact) mass is 426 g/mol. The maximum absolute atomic E-state index is 13.1. The maximum atomic E-state index is 13.1. The van der Waals surface area contributed by atoms with Gasteiger partial charge in [0.05, 0.1) is 24.5 Å². The number of aromatic nitrogens is 4. The van der Waals surface area contributed by atoms with Crippen LogP contribution in [0.15, 0.2) is 48.8 Å². The van der Waals surface area contributed by atoms with Gasteiger partial charge >= 0.3 is 0 Å². The summed E-state index contributed by atoms with van der Waals surface area (Å²) in [4.78, 5) is 21.5. The Morgan fingerprint density at radius 1 is 1.22 bits per heavy atom. The van der Waals surface area contributed by atoms with E-state index in [1.54, 1.807) is 30.1 Å². The van der Waals surface area contributed by atoms with Crippen molar-refractivity contribution >= 4 is 22.5 Å². The molecule has 4 aromatic rings. The summed E-state index contributed by atoms with van der Waals surface area (Å²) in [6.45, 7) is 5.76. The predicted octanol–water partition coefficient (Wildman–Crippen LogP) is 4.38. The van der Waals surface area contributed by atoms with Gasteiger partial charge in [-0.15, -0.1) is 0 Å². The molecule has 1 amide bonds. The summed E-state index contributed by atoms with van der Waals surface area (Å²) in [6, 6.07) is 13.0. The molecular weight excluding hydrogens is 404 g/mol. The minimum Gasteiger partial charge on any atom is -0.481 e. The number of nitrogens with one attached hydrogen (secondary N) is 1. The van der Waals surface area contributed by atoms with E-state index in [-0.39, 0.29) is 17.5 Å². The van der Waals surface area contributed by atoms with E-state index in [0.29, 0.717) is 22.7 Å². The van der Waals surface area contributed by atoms with Gasteiger partial charge in [0.15, 0.2) is 0 Å². The molecule has 1 aromatic carbocycles. The third-order valence-electron chi connectivity index (χ3n) is 5.12. The van der Waals surface area contributed by atoms with Gasteiger partial charge < -0.3 is 10.1 Å². The van der Waals surface area contributed by atoms with Gasteiger partial charge in [-0.1, -0.05) is 13.8 Å². The average Bonchev–Trinajstić information content (AvgIpc) is 3.21. The molecule has 8 nitrogen and oxygen atoms in total. The van der Waals surface area contributed by atoms with Crippen LogP contribution in [0.2, 0.25) is 0 Å². The fourth-order valence-electron chi connectivity index (χ4n) is 3.69. The van der Waals surface area contributed by atoms with E-state index in [4.69, 9.17) is 4.74 Å². The van der Waals surface area contributed by atoms with Gasteiger partial charge in [-0.2, -0.15) is 10.4 Å². The Morgan fingerprint density at radius 2 is 2.03 bits per heavy atom. The van der Waals surface area contributed by atoms with Crippen LogP contribution in [0.1, 0.15) is 47.1 Å². The fraction of sp³-hybridized carbons (Fsp3) is 0.208. The first-order valence-corrected chi connectivity index (χ1v) is 10.1. The Morgan fingerprint density at radius 3 is 2.75 bits per heavy atom. The second kappa shape index (κ2) is 8.47. The Hall–Kier alpha value is -4.25. The van der Waals surface area contributed by atoms with Crippen LogP contribution in [0.3, 0.4) is 0 Å². The van der Waals surface area contributed by atoms with Crippen LogP contribution in [0.4, 0.5) is 5.69 Å². The second-order valence-corrected chi connectivity index (χ2v) is 7.68. The quantitative estimate of drug-likeness (QED) is 0.508. The molecule has 0 saturated carbocycles. The Kier molecular flexibility index (Phi) is 5.56. The number of methoxy groups -OCH3 is 1. The number of hydrogen-bond donors (Lipinski definition) is 1. The number of carbonyl (C=O) groups excluding carboxylic acids is 1. The summed E-state index contributed by atoms with van der Waals surface area (Å²) >= 11 is 0. The summed E-state index contributed by atoms with van der Waals surface area (Å²) < 4.78 is 7.06. The van der Waals surface area contributed by atoms with Gasteiger partial charge in [-0.3, -0.25) is 4.79 Å². The highest BCUT2D eigenvalue weighted by molar-refractivity contribution is 6.06. The zero-order valence-corrected chi connectivity index (χ0v) is 18.2. The van der Waals surface area contributed by atoms with Crippen LogP contribution < -0.4 is 10.1 Å². The maximum Gasteiger partial charge on any atom is 0.256 e. The summed E-state index contributed by atoms with van der Waals surface area (Å²) in [5.74, 6) is 0.188. The van der Waals surface area contributed by atoms with E-state index < -0.39 is 0 Å². The second-order valence-electron chi connectivity index (χ2n) is 7.68. The first-order chi connectivity index (χ1) is 15.4. The number of amides is 1. The zero-order chi connectivity index (χ0) is 22.8. The van der Waals surface area contributed by atoms with Crippen molar-refractivity contribution in [3.63, 3.8) is 0 Å². The lowest BCUT2D eigenvalue weighted by molar-refractivity contribution is 0.102. The van der Waals surface area contributed by atoms with E-state index in [0.717, 1.165) is 22.3 Å². The molecule has 0 unspecified atom stereocenters. The van der Waals surface area contributed by atoms with Gasteiger partial charge in [0.2, 0.25) is 5.88 Å². The van der Waals surface area contributed by atoms with Crippen molar-refractivity contribution in [2.45, 2.75) is 26.7 Å². The number of anilines is 1. The van der Waals surface area contributed by atoms with Crippen LogP contribution in [0.5, 0.6) is 5.88 Å². The molecule has 0 fully saturated rings. The fourth-order valence-corrected chi connectivity index (χ4v) is 3.69. The van der Waals surface area contributed by atoms with Gasteiger partial charge in [0, 0.05) is 40.2 Å². The van der Waals surface area contributed by atoms with E-state index in [9.17, 15) is 10.1 Å². The third kappa shape index (κ3) is 3.88. The standard InChI is InChI=1S/C24H22N6O2/c1-14(2)23-19(7-8-26-20(23)12-25)24(31)29-17-6-5-16-13-27-30(21(16)10-17)18-9-15(3)28-22(11-18)32-4/h5-11,13-14H,1-4H3,(H,29,31). The lowest BCUT2D eigenvalue weighted by atomic mass is 9.95. The summed E-state index contributed by atoms with van der Waals surface area (Å²) in [5, 5.41) is 17.8. The number of fused-ring (bicyclic) bond motifs is 1. The van der Waals surface area contributed by atoms with Crippen molar-refractivity contribution in [1.29, 1.82) is 5.26 Å². The average molecular weight is 426 g/mol. The minimum absolute atomic E-state index is 0.0204. The SMILES string of the molecule is COc1cc(-n2ncc3ccc(NC(=O)c4ccnc(C#N)c4C(C)C)cc32)cc(C)n1. The van der Waals surface area contributed by atoms with Gasteiger partial charge in [0.25, 0.3) is 5.91 Å². The molecule has 160 valence electrons. The number of pyridine rings is 2. The molecule has 0 aliphatic rings. The van der Waals surface area contributed by atoms with E-state index in [2.05, 4.69) is 26.5 Å². The molecule has 8 heteroatoms. The molecule has 0 atom stereocenters. The van der Waals surface area contributed by atoms with Crippen LogP contribution in [0.25, 0.3) is 16.6 Å². The highest BCUT2D eigenvalue weighted by Crippen LogP contribution is 2.26. The zero-order valence-electron chi connectivity index (χ0n) is 18.2. The molecule has 1 N–H and O–H groups in total. The van der Waals surface area contributed by atoms with Crippen molar-refractivity contribution < 1.29 is 9.53 Å². The third-order valence-corrected chi connectivity index (χ3v) is 5.12. The summed E-state index contributed by atoms with van der Waals surface area (Å²) in [6.07, 6.45) is 3.25. The number of rotatable bonds is 5. The number of benzene rings is 1. The Labute approximate surface area is 185 Å². The van der Waals surface area contributed by atoms with Crippen molar-refractivity contribution in [1.82, 2.24) is 19.7 Å². The number of ether oxygens (including phenoxy) is 1. The number of hydrogen-bond acceptors (Lipinski definition) is 6. The van der Waals surface area contributed by atoms with Crippen LogP contribution in [0, 0.1) is 18.3 Å². The number of nitriles is 1. The van der Waals surface area contributed by atoms with E-state index in [1.165, 1.54) is 6.20 Å². The van der Waals surface area contributed by atoms with Crippen LogP contribution >= 0.6 is 0 Å². The topological polar surface area (TPSA) is 106 Å². The molecule has 4 rings (SSSR count). The normalized spacial score (nSPS) is 10.9. The molecular formula is C24H22N6O2. The Bertz CT molecular complexity index is 1370. The molecule has 0 bridgehead atoms. The lowest BCUT2D eigenvalue weighted by Gasteiger charge is -2.14. The van der Waals surface area contributed by atoms with Gasteiger partial charge in [-0.25, -0.2) is 14.6 Å². The minimum atomic E-state index is -0.292. The van der Waals surface area contributed by atoms with Crippen molar-refractivity contribution in [3.8, 4) is 17.6 Å². The first-order valence-electron chi connectivity index (χ1n) is 10.1. The van der Waals surface area contributed by atoms with Crippen molar-refractivity contribution in [3.05, 3.63) is 71.3 Å². The number of carbonyl (C=O) groups is 1. The molecule has 0 radical (unpaired) electrons. The van der Waals surface area contributed by atoms with Crippen LogP contribution in [-0.2, 0) is 0 Å². The molecule has 3 heterocycles. The van der Waals surface area contributed by atoms with E-state index in [1.807, 2.05) is 45.0 Å².